The van der Waals surface area contributed by atoms with Gasteiger partial charge in [-0.25, -0.2) is 4.98 Å². The molecule has 6 heteroatoms. The molecule has 0 saturated heterocycles. The summed E-state index contributed by atoms with van der Waals surface area (Å²) in [5, 5.41) is 6.09. The number of aromatic nitrogens is 1. The zero-order chi connectivity index (χ0) is 17.4. The second-order valence-corrected chi connectivity index (χ2v) is 5.54. The van der Waals surface area contributed by atoms with E-state index in [0.29, 0.717) is 24.5 Å². The number of rotatable bonds is 8. The lowest BCUT2D eigenvalue weighted by Crippen LogP contribution is -2.31. The molecule has 1 aromatic carbocycles. The molecule has 0 bridgehead atoms. The fraction of sp³-hybridized carbons (Fsp3) is 0.333. The van der Waals surface area contributed by atoms with E-state index in [-0.39, 0.29) is 5.91 Å². The minimum absolute atomic E-state index is 0.111. The average molecular weight is 328 g/mol. The van der Waals surface area contributed by atoms with Crippen LogP contribution in [0, 0.1) is 0 Å². The number of hydrogen-bond acceptors (Lipinski definition) is 5. The van der Waals surface area contributed by atoms with Crippen LogP contribution in [0.15, 0.2) is 42.6 Å². The van der Waals surface area contributed by atoms with E-state index in [1.807, 2.05) is 50.2 Å². The normalized spacial score (nSPS) is 10.5. The van der Waals surface area contributed by atoms with Crippen LogP contribution in [0.3, 0.4) is 0 Å². The third-order valence-corrected chi connectivity index (χ3v) is 3.32. The number of pyridine rings is 1. The molecular weight excluding hydrogens is 304 g/mol. The van der Waals surface area contributed by atoms with Crippen molar-refractivity contribution in [2.45, 2.75) is 6.92 Å². The van der Waals surface area contributed by atoms with Crippen molar-refractivity contribution in [2.75, 3.05) is 39.1 Å². The molecule has 1 heterocycles. The molecule has 24 heavy (non-hydrogen) atoms. The van der Waals surface area contributed by atoms with Gasteiger partial charge in [-0.05, 0) is 45.3 Å². The second kappa shape index (κ2) is 8.88. The molecule has 0 aliphatic rings. The molecule has 0 saturated carbocycles. The van der Waals surface area contributed by atoms with Crippen molar-refractivity contribution < 1.29 is 9.53 Å². The third-order valence-electron chi connectivity index (χ3n) is 3.32. The first kappa shape index (κ1) is 17.7. The van der Waals surface area contributed by atoms with Crippen molar-refractivity contribution in [2.24, 2.45) is 0 Å². The molecule has 0 unspecified atom stereocenters. The van der Waals surface area contributed by atoms with Crippen LogP contribution in [-0.2, 0) is 0 Å². The van der Waals surface area contributed by atoms with Gasteiger partial charge in [0.15, 0.2) is 0 Å². The summed E-state index contributed by atoms with van der Waals surface area (Å²) in [6.07, 6.45) is 1.62. The van der Waals surface area contributed by atoms with Crippen LogP contribution in [-0.4, -0.2) is 49.6 Å². The molecule has 2 N–H and O–H groups in total. The Kier molecular flexibility index (Phi) is 6.57. The zero-order valence-corrected chi connectivity index (χ0v) is 14.4. The highest BCUT2D eigenvalue weighted by atomic mass is 16.5. The van der Waals surface area contributed by atoms with Gasteiger partial charge in [0.25, 0.3) is 5.91 Å². The quantitative estimate of drug-likeness (QED) is 0.779. The maximum Gasteiger partial charge on any atom is 0.251 e. The summed E-state index contributed by atoms with van der Waals surface area (Å²) < 4.78 is 5.59. The van der Waals surface area contributed by atoms with Gasteiger partial charge in [-0.1, -0.05) is 12.1 Å². The molecule has 0 fully saturated rings. The predicted molar refractivity (Wildman–Crippen MR) is 96.0 cm³/mol. The Labute approximate surface area is 142 Å². The SMILES string of the molecule is CCOc1ccccc1Nc1cc(C(=O)NCCN(C)C)ccn1. The van der Waals surface area contributed by atoms with E-state index in [2.05, 4.69) is 15.6 Å². The molecule has 1 aromatic heterocycles. The van der Waals surface area contributed by atoms with Gasteiger partial charge in [-0.2, -0.15) is 0 Å². The van der Waals surface area contributed by atoms with Gasteiger partial charge in [-0.3, -0.25) is 4.79 Å². The van der Waals surface area contributed by atoms with E-state index in [4.69, 9.17) is 4.74 Å². The van der Waals surface area contributed by atoms with E-state index < -0.39 is 0 Å². The number of likely N-dealkylation sites (N-methyl/N-ethyl adjacent to an activating group) is 1. The van der Waals surface area contributed by atoms with Crippen molar-refractivity contribution in [1.82, 2.24) is 15.2 Å². The maximum absolute atomic E-state index is 12.2. The van der Waals surface area contributed by atoms with Gasteiger partial charge in [0.2, 0.25) is 0 Å². The number of nitrogens with one attached hydrogen (secondary N) is 2. The minimum Gasteiger partial charge on any atom is -0.492 e. The summed E-state index contributed by atoms with van der Waals surface area (Å²) in [4.78, 5) is 18.5. The lowest BCUT2D eigenvalue weighted by molar-refractivity contribution is 0.0951. The van der Waals surface area contributed by atoms with Crippen LogP contribution in [0.5, 0.6) is 5.75 Å². The number of ether oxygens (including phenoxy) is 1. The number of para-hydroxylation sites is 2. The summed E-state index contributed by atoms with van der Waals surface area (Å²) in [6.45, 7) is 3.92. The van der Waals surface area contributed by atoms with Gasteiger partial charge in [-0.15, -0.1) is 0 Å². The van der Waals surface area contributed by atoms with Gasteiger partial charge >= 0.3 is 0 Å². The van der Waals surface area contributed by atoms with Crippen molar-refractivity contribution in [3.63, 3.8) is 0 Å². The summed E-state index contributed by atoms with van der Waals surface area (Å²) in [5.41, 5.74) is 1.39. The first-order chi connectivity index (χ1) is 11.6. The Morgan fingerprint density at radius 1 is 1.25 bits per heavy atom. The Morgan fingerprint density at radius 3 is 2.79 bits per heavy atom. The van der Waals surface area contributed by atoms with Crippen molar-refractivity contribution in [3.8, 4) is 5.75 Å². The number of anilines is 2. The van der Waals surface area contributed by atoms with Crippen molar-refractivity contribution in [1.29, 1.82) is 0 Å². The standard InChI is InChI=1S/C18H24N4O2/c1-4-24-16-8-6-5-7-15(16)21-17-13-14(9-10-19-17)18(23)20-11-12-22(2)3/h5-10,13H,4,11-12H2,1-3H3,(H,19,21)(H,20,23). The molecule has 6 nitrogen and oxygen atoms in total. The van der Waals surface area contributed by atoms with Crippen LogP contribution in [0.2, 0.25) is 0 Å². The van der Waals surface area contributed by atoms with Gasteiger partial charge in [0.1, 0.15) is 11.6 Å². The number of nitrogens with zero attached hydrogens (tertiary/aromatic N) is 2. The van der Waals surface area contributed by atoms with Crippen LogP contribution < -0.4 is 15.4 Å². The summed E-state index contributed by atoms with van der Waals surface area (Å²) in [6, 6.07) is 11.1. The first-order valence-electron chi connectivity index (χ1n) is 7.98. The van der Waals surface area contributed by atoms with E-state index >= 15 is 0 Å². The van der Waals surface area contributed by atoms with Gasteiger partial charge in [0, 0.05) is 24.8 Å². The molecule has 0 aliphatic carbocycles. The molecule has 0 spiro atoms. The highest BCUT2D eigenvalue weighted by Gasteiger charge is 2.08. The van der Waals surface area contributed by atoms with Crippen molar-refractivity contribution in [3.05, 3.63) is 48.2 Å². The number of hydrogen-bond donors (Lipinski definition) is 2. The molecule has 128 valence electrons. The molecule has 0 radical (unpaired) electrons. The third kappa shape index (κ3) is 5.24. The monoisotopic (exact) mass is 328 g/mol. The minimum atomic E-state index is -0.111. The van der Waals surface area contributed by atoms with Crippen LogP contribution >= 0.6 is 0 Å². The number of benzene rings is 1. The summed E-state index contributed by atoms with van der Waals surface area (Å²) in [7, 11) is 3.94. The lowest BCUT2D eigenvalue weighted by atomic mass is 10.2. The van der Waals surface area contributed by atoms with Gasteiger partial charge in [0.05, 0.1) is 12.3 Å². The van der Waals surface area contributed by atoms with E-state index in [0.717, 1.165) is 18.0 Å². The number of carbonyl (C=O) groups excluding carboxylic acids is 1. The topological polar surface area (TPSA) is 66.5 Å². The molecule has 0 aliphatic heterocycles. The molecule has 2 aromatic rings. The van der Waals surface area contributed by atoms with Crippen LogP contribution in [0.25, 0.3) is 0 Å². The fourth-order valence-electron chi connectivity index (χ4n) is 2.12. The Morgan fingerprint density at radius 2 is 2.04 bits per heavy atom. The maximum atomic E-state index is 12.2. The number of amides is 1. The van der Waals surface area contributed by atoms with E-state index in [9.17, 15) is 4.79 Å². The van der Waals surface area contributed by atoms with E-state index in [1.54, 1.807) is 18.3 Å². The highest BCUT2D eigenvalue weighted by molar-refractivity contribution is 5.94. The number of carbonyl (C=O) groups is 1. The molecule has 2 rings (SSSR count). The summed E-state index contributed by atoms with van der Waals surface area (Å²) >= 11 is 0. The Balaban J connectivity index is 2.06. The Hall–Kier alpha value is -2.60. The Bertz CT molecular complexity index is 674. The zero-order valence-electron chi connectivity index (χ0n) is 14.4. The highest BCUT2D eigenvalue weighted by Crippen LogP contribution is 2.26. The molecule has 1 amide bonds. The smallest absolute Gasteiger partial charge is 0.251 e. The predicted octanol–water partition coefficient (Wildman–Crippen LogP) is 2.52. The van der Waals surface area contributed by atoms with Gasteiger partial charge < -0.3 is 20.3 Å². The van der Waals surface area contributed by atoms with Crippen LogP contribution in [0.1, 0.15) is 17.3 Å². The van der Waals surface area contributed by atoms with Crippen LogP contribution in [0.4, 0.5) is 11.5 Å². The lowest BCUT2D eigenvalue weighted by Gasteiger charge is -2.13. The summed E-state index contributed by atoms with van der Waals surface area (Å²) in [5.74, 6) is 1.24. The molecule has 0 atom stereocenters. The fourth-order valence-corrected chi connectivity index (χ4v) is 2.12. The molecular formula is C18H24N4O2. The average Bonchev–Trinajstić information content (AvgIpc) is 2.57. The largest absolute Gasteiger partial charge is 0.492 e. The first-order valence-corrected chi connectivity index (χ1v) is 7.98. The van der Waals surface area contributed by atoms with E-state index in [1.165, 1.54) is 0 Å². The second-order valence-electron chi connectivity index (χ2n) is 5.54. The van der Waals surface area contributed by atoms with Crippen molar-refractivity contribution >= 4 is 17.4 Å².